The van der Waals surface area contributed by atoms with Gasteiger partial charge in [0.15, 0.2) is 0 Å². The zero-order valence-electron chi connectivity index (χ0n) is 10.8. The van der Waals surface area contributed by atoms with E-state index in [4.69, 9.17) is 5.73 Å². The Balaban J connectivity index is 2.26. The van der Waals surface area contributed by atoms with Crippen LogP contribution in [0.25, 0.3) is 0 Å². The van der Waals surface area contributed by atoms with Gasteiger partial charge in [0, 0.05) is 6.54 Å². The first-order valence-corrected chi connectivity index (χ1v) is 6.05. The summed E-state index contributed by atoms with van der Waals surface area (Å²) in [4.78, 5) is 13.6. The Hall–Kier alpha value is -1.20. The summed E-state index contributed by atoms with van der Waals surface area (Å²) in [6, 6.07) is 0.266. The molecule has 1 aromatic heterocycles. The maximum absolute atomic E-state index is 5.76. The number of nitrogen functional groups attached to an aromatic ring is 1. The minimum atomic E-state index is 0.266. The van der Waals surface area contributed by atoms with Crippen molar-refractivity contribution in [2.45, 2.75) is 19.4 Å². The van der Waals surface area contributed by atoms with Gasteiger partial charge in [0.1, 0.15) is 5.82 Å². The summed E-state index contributed by atoms with van der Waals surface area (Å²) >= 11 is 0. The number of aryl methyl sites for hydroxylation is 1. The van der Waals surface area contributed by atoms with Crippen LogP contribution in [0.3, 0.4) is 0 Å². The van der Waals surface area contributed by atoms with E-state index in [1.54, 1.807) is 6.20 Å². The molecule has 17 heavy (non-hydrogen) atoms. The Labute approximate surface area is 103 Å². The van der Waals surface area contributed by atoms with Gasteiger partial charge in [-0.3, -0.25) is 4.90 Å². The molecule has 1 unspecified atom stereocenters. The van der Waals surface area contributed by atoms with E-state index in [1.807, 2.05) is 6.92 Å². The summed E-state index contributed by atoms with van der Waals surface area (Å²) in [6.07, 6.45) is 2.91. The zero-order valence-corrected chi connectivity index (χ0v) is 10.8. The lowest BCUT2D eigenvalue weighted by molar-refractivity contribution is 0.219. The number of nitrogens with two attached hydrogens (primary N) is 1. The molecule has 0 saturated carbocycles. The molecule has 0 aliphatic carbocycles. The standard InChI is InChI=1S/C12H21N5/c1-9-10(13)7-14-12(15-9)11-8-16(2)5-4-6-17(11)3/h7,11H,4-6,8,13H2,1-3H3. The van der Waals surface area contributed by atoms with Crippen LogP contribution in [0.4, 0.5) is 5.69 Å². The van der Waals surface area contributed by atoms with Gasteiger partial charge in [0.05, 0.1) is 23.6 Å². The normalized spacial score (nSPS) is 23.6. The number of aromatic nitrogens is 2. The van der Waals surface area contributed by atoms with Crippen LogP contribution in [0.2, 0.25) is 0 Å². The predicted molar refractivity (Wildman–Crippen MR) is 68.7 cm³/mol. The monoisotopic (exact) mass is 235 g/mol. The van der Waals surface area contributed by atoms with Gasteiger partial charge in [-0.25, -0.2) is 9.97 Å². The van der Waals surface area contributed by atoms with E-state index in [2.05, 4.69) is 33.9 Å². The third-order valence-corrected chi connectivity index (χ3v) is 3.40. The molecule has 1 aliphatic heterocycles. The molecule has 0 aromatic carbocycles. The minimum Gasteiger partial charge on any atom is -0.396 e. The minimum absolute atomic E-state index is 0.266. The predicted octanol–water partition coefficient (Wildman–Crippen LogP) is 0.676. The molecular weight excluding hydrogens is 214 g/mol. The molecule has 0 amide bonds. The molecule has 2 heterocycles. The molecule has 2 N–H and O–H groups in total. The molecule has 1 atom stereocenters. The summed E-state index contributed by atoms with van der Waals surface area (Å²) in [5.41, 5.74) is 7.30. The lowest BCUT2D eigenvalue weighted by Gasteiger charge is -2.26. The molecule has 5 nitrogen and oxygen atoms in total. The van der Waals surface area contributed by atoms with Crippen LogP contribution in [0.15, 0.2) is 6.20 Å². The number of hydrogen-bond donors (Lipinski definition) is 1. The van der Waals surface area contributed by atoms with E-state index in [0.717, 1.165) is 31.2 Å². The Bertz CT molecular complexity index is 392. The van der Waals surface area contributed by atoms with Crippen LogP contribution in [0.5, 0.6) is 0 Å². The lowest BCUT2D eigenvalue weighted by atomic mass is 10.2. The largest absolute Gasteiger partial charge is 0.396 e. The van der Waals surface area contributed by atoms with Crippen LogP contribution in [0.1, 0.15) is 24.0 Å². The quantitative estimate of drug-likeness (QED) is 0.775. The average Bonchev–Trinajstić information content (AvgIpc) is 2.45. The maximum atomic E-state index is 5.76. The van der Waals surface area contributed by atoms with Gasteiger partial charge in [-0.1, -0.05) is 0 Å². The second kappa shape index (κ2) is 4.98. The number of nitrogens with zero attached hydrogens (tertiary/aromatic N) is 4. The first-order chi connectivity index (χ1) is 8.08. The summed E-state index contributed by atoms with van der Waals surface area (Å²) in [6.45, 7) is 5.12. The van der Waals surface area contributed by atoms with Crippen LogP contribution in [0, 0.1) is 6.92 Å². The highest BCUT2D eigenvalue weighted by molar-refractivity contribution is 5.39. The highest BCUT2D eigenvalue weighted by Crippen LogP contribution is 2.21. The van der Waals surface area contributed by atoms with Crippen molar-refractivity contribution in [1.29, 1.82) is 0 Å². The highest BCUT2D eigenvalue weighted by atomic mass is 15.2. The van der Waals surface area contributed by atoms with Crippen molar-refractivity contribution in [1.82, 2.24) is 19.8 Å². The molecule has 1 fully saturated rings. The molecule has 0 bridgehead atoms. The Morgan fingerprint density at radius 1 is 1.35 bits per heavy atom. The van der Waals surface area contributed by atoms with Crippen LogP contribution in [-0.4, -0.2) is 53.5 Å². The van der Waals surface area contributed by atoms with Crippen molar-refractivity contribution < 1.29 is 0 Å². The molecule has 1 saturated heterocycles. The van der Waals surface area contributed by atoms with Crippen molar-refractivity contribution in [3.63, 3.8) is 0 Å². The summed E-state index contributed by atoms with van der Waals surface area (Å²) in [5, 5.41) is 0. The molecule has 1 aliphatic rings. The van der Waals surface area contributed by atoms with Crippen molar-refractivity contribution in [3.05, 3.63) is 17.7 Å². The van der Waals surface area contributed by atoms with E-state index >= 15 is 0 Å². The van der Waals surface area contributed by atoms with E-state index < -0.39 is 0 Å². The summed E-state index contributed by atoms with van der Waals surface area (Å²) in [5.74, 6) is 0.882. The summed E-state index contributed by atoms with van der Waals surface area (Å²) < 4.78 is 0. The first kappa shape index (κ1) is 12.3. The smallest absolute Gasteiger partial charge is 0.147 e. The SMILES string of the molecule is Cc1nc(C2CN(C)CCCN2C)ncc1N. The van der Waals surface area contributed by atoms with E-state index in [0.29, 0.717) is 5.69 Å². The fraction of sp³-hybridized carbons (Fsp3) is 0.667. The third-order valence-electron chi connectivity index (χ3n) is 3.40. The van der Waals surface area contributed by atoms with Gasteiger partial charge >= 0.3 is 0 Å². The van der Waals surface area contributed by atoms with Gasteiger partial charge in [0.2, 0.25) is 0 Å². The van der Waals surface area contributed by atoms with E-state index in [1.165, 1.54) is 6.42 Å². The molecule has 94 valence electrons. The lowest BCUT2D eigenvalue weighted by Crippen LogP contribution is -2.32. The number of rotatable bonds is 1. The van der Waals surface area contributed by atoms with Gasteiger partial charge in [-0.05, 0) is 40.5 Å². The maximum Gasteiger partial charge on any atom is 0.147 e. The molecule has 2 rings (SSSR count). The number of hydrogen-bond acceptors (Lipinski definition) is 5. The van der Waals surface area contributed by atoms with Crippen molar-refractivity contribution in [2.75, 3.05) is 39.5 Å². The van der Waals surface area contributed by atoms with Gasteiger partial charge < -0.3 is 10.6 Å². The van der Waals surface area contributed by atoms with Crippen molar-refractivity contribution in [2.24, 2.45) is 0 Å². The van der Waals surface area contributed by atoms with Crippen molar-refractivity contribution in [3.8, 4) is 0 Å². The Kier molecular flexibility index (Phi) is 3.59. The summed E-state index contributed by atoms with van der Waals surface area (Å²) in [7, 11) is 4.29. The fourth-order valence-electron chi connectivity index (χ4n) is 2.21. The molecule has 1 aromatic rings. The second-order valence-corrected chi connectivity index (χ2v) is 4.88. The molecular formula is C12H21N5. The number of likely N-dealkylation sites (N-methyl/N-ethyl adjacent to an activating group) is 2. The van der Waals surface area contributed by atoms with E-state index in [9.17, 15) is 0 Å². The molecule has 5 heteroatoms. The molecule has 0 spiro atoms. The van der Waals surface area contributed by atoms with Crippen LogP contribution in [-0.2, 0) is 0 Å². The van der Waals surface area contributed by atoms with Gasteiger partial charge in [0.25, 0.3) is 0 Å². The van der Waals surface area contributed by atoms with Crippen molar-refractivity contribution >= 4 is 5.69 Å². The highest BCUT2D eigenvalue weighted by Gasteiger charge is 2.24. The van der Waals surface area contributed by atoms with Crippen LogP contribution >= 0.6 is 0 Å². The Morgan fingerprint density at radius 3 is 2.82 bits per heavy atom. The first-order valence-electron chi connectivity index (χ1n) is 6.05. The topological polar surface area (TPSA) is 58.3 Å². The van der Waals surface area contributed by atoms with Crippen LogP contribution < -0.4 is 5.73 Å². The second-order valence-electron chi connectivity index (χ2n) is 4.88. The average molecular weight is 235 g/mol. The van der Waals surface area contributed by atoms with Gasteiger partial charge in [-0.15, -0.1) is 0 Å². The van der Waals surface area contributed by atoms with E-state index in [-0.39, 0.29) is 6.04 Å². The Morgan fingerprint density at radius 2 is 2.12 bits per heavy atom. The third kappa shape index (κ3) is 2.73. The zero-order chi connectivity index (χ0) is 12.4. The molecule has 0 radical (unpaired) electrons. The number of anilines is 1. The van der Waals surface area contributed by atoms with Gasteiger partial charge in [-0.2, -0.15) is 0 Å². The fourth-order valence-corrected chi connectivity index (χ4v) is 2.21.